The second-order valence-corrected chi connectivity index (χ2v) is 5.74. The molecule has 1 aromatic heterocycles. The third kappa shape index (κ3) is 6.09. The number of carbonyl (C=O) groups is 1. The highest BCUT2D eigenvalue weighted by Gasteiger charge is 2.13. The number of esters is 1. The van der Waals surface area contributed by atoms with Crippen LogP contribution in [0.25, 0.3) is 0 Å². The third-order valence-corrected chi connectivity index (χ3v) is 3.84. The zero-order chi connectivity index (χ0) is 18.1. The molecule has 0 aliphatic carbocycles. The Hall–Kier alpha value is -2.58. The van der Waals surface area contributed by atoms with Crippen LogP contribution in [0, 0.1) is 11.8 Å². The molecule has 0 radical (unpaired) electrons. The average molecular weight is 339 g/mol. The van der Waals surface area contributed by atoms with Gasteiger partial charge in [-0.1, -0.05) is 56.0 Å². The van der Waals surface area contributed by atoms with Gasteiger partial charge in [0.2, 0.25) is 0 Å². The van der Waals surface area contributed by atoms with Gasteiger partial charge in [0.15, 0.2) is 6.10 Å². The Labute approximate surface area is 149 Å². The molecule has 2 rings (SSSR count). The molecule has 1 aromatic carbocycles. The van der Waals surface area contributed by atoms with Crippen molar-refractivity contribution in [2.45, 2.75) is 33.4 Å². The topological polar surface area (TPSA) is 47.4 Å². The molecule has 132 valence electrons. The molecule has 0 amide bonds. The van der Waals surface area contributed by atoms with Crippen LogP contribution in [0.15, 0.2) is 42.7 Å². The summed E-state index contributed by atoms with van der Waals surface area (Å²) in [5.74, 6) is 5.63. The molecule has 0 bridgehead atoms. The maximum absolute atomic E-state index is 12.2. The van der Waals surface area contributed by atoms with Crippen molar-refractivity contribution < 1.29 is 9.53 Å². The summed E-state index contributed by atoms with van der Waals surface area (Å²) >= 11 is 0. The molecule has 1 heterocycles. The van der Waals surface area contributed by atoms with Crippen molar-refractivity contribution in [3.63, 3.8) is 0 Å². The molecule has 5 nitrogen and oxygen atoms in total. The summed E-state index contributed by atoms with van der Waals surface area (Å²) in [6, 6.07) is 9.97. The van der Waals surface area contributed by atoms with Gasteiger partial charge in [-0.2, -0.15) is 5.10 Å². The van der Waals surface area contributed by atoms with Gasteiger partial charge < -0.3 is 4.74 Å². The van der Waals surface area contributed by atoms with E-state index in [-0.39, 0.29) is 0 Å². The zero-order valence-electron chi connectivity index (χ0n) is 15.1. The van der Waals surface area contributed by atoms with Crippen molar-refractivity contribution in [2.75, 3.05) is 19.6 Å². The van der Waals surface area contributed by atoms with Gasteiger partial charge in [-0.15, -0.1) is 0 Å². The third-order valence-electron chi connectivity index (χ3n) is 3.84. The fraction of sp³-hybridized carbons (Fsp3) is 0.400. The molecule has 5 heteroatoms. The lowest BCUT2D eigenvalue weighted by atomic mass is 10.2. The first-order chi connectivity index (χ1) is 12.1. The van der Waals surface area contributed by atoms with Gasteiger partial charge in [0, 0.05) is 6.20 Å². The van der Waals surface area contributed by atoms with Crippen LogP contribution in [-0.2, 0) is 11.3 Å². The van der Waals surface area contributed by atoms with E-state index in [9.17, 15) is 4.79 Å². The molecule has 1 atom stereocenters. The Bertz CT molecular complexity index is 724. The lowest BCUT2D eigenvalue weighted by molar-refractivity contribution is 0.0438. The molecular weight excluding hydrogens is 314 g/mol. The standard InChI is InChI=1S/C20H25N3O2/c1-4-22(5-2)13-9-10-17(3)25-20(24)19-14-21-23(16-19)15-18-11-7-6-8-12-18/h6-8,11-12,14,16-17H,4-5,13,15H2,1-3H3/t17-/m1/s1. The van der Waals surface area contributed by atoms with E-state index < -0.39 is 12.1 Å². The van der Waals surface area contributed by atoms with Crippen LogP contribution < -0.4 is 0 Å². The predicted molar refractivity (Wildman–Crippen MR) is 98.2 cm³/mol. The van der Waals surface area contributed by atoms with E-state index >= 15 is 0 Å². The van der Waals surface area contributed by atoms with Crippen LogP contribution in [0.3, 0.4) is 0 Å². The lowest BCUT2D eigenvalue weighted by Crippen LogP contribution is -2.23. The number of hydrogen-bond acceptors (Lipinski definition) is 4. The Morgan fingerprint density at radius 3 is 2.68 bits per heavy atom. The average Bonchev–Trinajstić information content (AvgIpc) is 3.08. The minimum atomic E-state index is -0.444. The molecule has 0 spiro atoms. The smallest absolute Gasteiger partial charge is 0.342 e. The molecular formula is C20H25N3O2. The molecule has 0 unspecified atom stereocenters. The van der Waals surface area contributed by atoms with E-state index in [2.05, 4.69) is 35.7 Å². The van der Waals surface area contributed by atoms with E-state index in [0.29, 0.717) is 18.7 Å². The van der Waals surface area contributed by atoms with Crippen LogP contribution in [0.5, 0.6) is 0 Å². The monoisotopic (exact) mass is 339 g/mol. The van der Waals surface area contributed by atoms with Crippen LogP contribution in [0.4, 0.5) is 0 Å². The van der Waals surface area contributed by atoms with E-state index in [4.69, 9.17) is 4.74 Å². The summed E-state index contributed by atoms with van der Waals surface area (Å²) in [5, 5.41) is 4.22. The second kappa shape index (κ2) is 9.65. The van der Waals surface area contributed by atoms with Gasteiger partial charge in [0.05, 0.1) is 24.8 Å². The van der Waals surface area contributed by atoms with E-state index in [1.165, 1.54) is 6.20 Å². The minimum Gasteiger partial charge on any atom is -0.446 e. The van der Waals surface area contributed by atoms with Crippen LogP contribution in [0.2, 0.25) is 0 Å². The zero-order valence-corrected chi connectivity index (χ0v) is 15.1. The number of nitrogens with zero attached hydrogens (tertiary/aromatic N) is 3. The molecule has 0 N–H and O–H groups in total. The van der Waals surface area contributed by atoms with Crippen LogP contribution >= 0.6 is 0 Å². The number of hydrogen-bond donors (Lipinski definition) is 0. The number of ether oxygens (including phenoxy) is 1. The fourth-order valence-corrected chi connectivity index (χ4v) is 2.33. The van der Waals surface area contributed by atoms with Gasteiger partial charge in [0.1, 0.15) is 0 Å². The van der Waals surface area contributed by atoms with Crippen molar-refractivity contribution in [1.82, 2.24) is 14.7 Å². The number of benzene rings is 1. The van der Waals surface area contributed by atoms with E-state index in [0.717, 1.165) is 18.7 Å². The minimum absolute atomic E-state index is 0.399. The summed E-state index contributed by atoms with van der Waals surface area (Å²) in [7, 11) is 0. The molecule has 0 aliphatic heterocycles. The Kier molecular flexibility index (Phi) is 7.24. The number of aromatic nitrogens is 2. The lowest BCUT2D eigenvalue weighted by Gasteiger charge is -2.13. The number of carbonyl (C=O) groups excluding carboxylic acids is 1. The Morgan fingerprint density at radius 2 is 2.00 bits per heavy atom. The quantitative estimate of drug-likeness (QED) is 0.575. The normalized spacial score (nSPS) is 11.7. The van der Waals surface area contributed by atoms with Crippen molar-refractivity contribution in [2.24, 2.45) is 0 Å². The summed E-state index contributed by atoms with van der Waals surface area (Å²) < 4.78 is 7.09. The molecule has 0 saturated carbocycles. The molecule has 0 saturated heterocycles. The highest BCUT2D eigenvalue weighted by atomic mass is 16.5. The largest absolute Gasteiger partial charge is 0.446 e. The summed E-state index contributed by atoms with van der Waals surface area (Å²) in [6.07, 6.45) is 2.78. The van der Waals surface area contributed by atoms with Crippen LogP contribution in [0.1, 0.15) is 36.7 Å². The second-order valence-electron chi connectivity index (χ2n) is 5.74. The van der Waals surface area contributed by atoms with Gasteiger partial charge in [-0.05, 0) is 25.6 Å². The Balaban J connectivity index is 1.87. The van der Waals surface area contributed by atoms with Gasteiger partial charge in [-0.25, -0.2) is 4.79 Å². The molecule has 25 heavy (non-hydrogen) atoms. The van der Waals surface area contributed by atoms with Gasteiger partial charge >= 0.3 is 5.97 Å². The van der Waals surface area contributed by atoms with Crippen molar-refractivity contribution in [3.05, 3.63) is 53.9 Å². The fourth-order valence-electron chi connectivity index (χ4n) is 2.33. The maximum atomic E-state index is 12.2. The summed E-state index contributed by atoms with van der Waals surface area (Å²) in [5.41, 5.74) is 1.56. The van der Waals surface area contributed by atoms with Crippen LogP contribution in [-0.4, -0.2) is 46.4 Å². The molecule has 0 aliphatic rings. The Morgan fingerprint density at radius 1 is 1.28 bits per heavy atom. The first-order valence-corrected chi connectivity index (χ1v) is 8.60. The first kappa shape index (κ1) is 18.8. The van der Waals surface area contributed by atoms with Crippen molar-refractivity contribution in [1.29, 1.82) is 0 Å². The molecule has 0 fully saturated rings. The van der Waals surface area contributed by atoms with Crippen molar-refractivity contribution >= 4 is 5.97 Å². The van der Waals surface area contributed by atoms with E-state index in [1.54, 1.807) is 17.8 Å². The maximum Gasteiger partial charge on any atom is 0.342 e. The summed E-state index contributed by atoms with van der Waals surface area (Å²) in [4.78, 5) is 14.4. The summed E-state index contributed by atoms with van der Waals surface area (Å²) in [6.45, 7) is 9.20. The number of rotatable bonds is 7. The molecule has 2 aromatic rings. The SMILES string of the molecule is CCN(CC)CC#C[C@@H](C)OC(=O)c1cnn(Cc2ccccc2)c1. The van der Waals surface area contributed by atoms with Gasteiger partial charge in [0.25, 0.3) is 0 Å². The predicted octanol–water partition coefficient (Wildman–Crippen LogP) is 2.82. The highest BCUT2D eigenvalue weighted by Crippen LogP contribution is 2.06. The van der Waals surface area contributed by atoms with Gasteiger partial charge in [-0.3, -0.25) is 9.58 Å². The highest BCUT2D eigenvalue weighted by molar-refractivity contribution is 5.89. The van der Waals surface area contributed by atoms with E-state index in [1.807, 2.05) is 30.3 Å². The first-order valence-electron chi connectivity index (χ1n) is 8.60. The van der Waals surface area contributed by atoms with Crippen molar-refractivity contribution in [3.8, 4) is 11.8 Å².